The van der Waals surface area contributed by atoms with Crippen molar-refractivity contribution in [3.8, 4) is 5.69 Å². The number of likely N-dealkylation sites (tertiary alicyclic amines) is 1. The summed E-state index contributed by atoms with van der Waals surface area (Å²) in [6.45, 7) is 3.08. The molecule has 152 valence electrons. The predicted molar refractivity (Wildman–Crippen MR) is 112 cm³/mol. The molecule has 5 heteroatoms. The number of nitrogens with zero attached hydrogens (tertiary/aromatic N) is 3. The van der Waals surface area contributed by atoms with Crippen molar-refractivity contribution < 1.29 is 9.50 Å². The fourth-order valence-electron chi connectivity index (χ4n) is 4.16. The lowest BCUT2D eigenvalue weighted by Gasteiger charge is -2.41. The van der Waals surface area contributed by atoms with Gasteiger partial charge in [0.15, 0.2) is 0 Å². The number of piperidine rings is 1. The van der Waals surface area contributed by atoms with E-state index in [1.807, 2.05) is 18.5 Å². The summed E-state index contributed by atoms with van der Waals surface area (Å²) in [6, 6.07) is 16.9. The molecule has 4 rings (SSSR count). The number of aryl methyl sites for hydroxylation is 1. The molecule has 0 aliphatic carbocycles. The largest absolute Gasteiger partial charge is 0.396 e. The van der Waals surface area contributed by atoms with Crippen LogP contribution < -0.4 is 0 Å². The second kappa shape index (κ2) is 8.89. The number of aromatic nitrogens is 2. The van der Waals surface area contributed by atoms with Crippen molar-refractivity contribution in [1.29, 1.82) is 0 Å². The second-order valence-electron chi connectivity index (χ2n) is 8.19. The Labute approximate surface area is 171 Å². The minimum absolute atomic E-state index is 0.0324. The molecular formula is C24H28FN3O. The van der Waals surface area contributed by atoms with Crippen molar-refractivity contribution in [2.45, 2.75) is 32.2 Å². The van der Waals surface area contributed by atoms with E-state index in [2.05, 4.69) is 34.3 Å². The number of hydrogen-bond acceptors (Lipinski definition) is 3. The fourth-order valence-corrected chi connectivity index (χ4v) is 4.16. The molecule has 2 aromatic carbocycles. The van der Waals surface area contributed by atoms with E-state index in [0.29, 0.717) is 0 Å². The maximum atomic E-state index is 13.1. The van der Waals surface area contributed by atoms with Gasteiger partial charge in [-0.05, 0) is 74.0 Å². The van der Waals surface area contributed by atoms with Crippen molar-refractivity contribution in [1.82, 2.24) is 14.7 Å². The van der Waals surface area contributed by atoms with Crippen LogP contribution in [0.25, 0.3) is 5.69 Å². The molecule has 0 radical (unpaired) electrons. The summed E-state index contributed by atoms with van der Waals surface area (Å²) in [5.41, 5.74) is 3.38. The summed E-state index contributed by atoms with van der Waals surface area (Å²) in [4.78, 5) is 2.43. The molecule has 1 saturated heterocycles. The third-order valence-corrected chi connectivity index (χ3v) is 6.17. The van der Waals surface area contributed by atoms with E-state index in [1.54, 1.807) is 16.8 Å². The maximum Gasteiger partial charge on any atom is 0.123 e. The summed E-state index contributed by atoms with van der Waals surface area (Å²) in [6.07, 6.45) is 7.98. The Kier molecular flexibility index (Phi) is 6.07. The molecule has 1 fully saturated rings. The predicted octanol–water partition coefficient (Wildman–Crippen LogP) is 4.22. The Morgan fingerprint density at radius 3 is 2.38 bits per heavy atom. The van der Waals surface area contributed by atoms with Crippen LogP contribution in [0.15, 0.2) is 67.0 Å². The zero-order chi connectivity index (χ0) is 20.1. The van der Waals surface area contributed by atoms with Gasteiger partial charge >= 0.3 is 0 Å². The lowest BCUT2D eigenvalue weighted by Crippen LogP contribution is -2.41. The first kappa shape index (κ1) is 19.8. The smallest absolute Gasteiger partial charge is 0.123 e. The number of rotatable bonds is 7. The highest BCUT2D eigenvalue weighted by atomic mass is 19.1. The van der Waals surface area contributed by atoms with E-state index in [4.69, 9.17) is 0 Å². The number of aliphatic hydroxyl groups is 1. The Bertz CT molecular complexity index is 899. The average molecular weight is 394 g/mol. The van der Waals surface area contributed by atoms with Gasteiger partial charge in [-0.2, -0.15) is 5.10 Å². The van der Waals surface area contributed by atoms with Crippen molar-refractivity contribution in [3.05, 3.63) is 83.9 Å². The van der Waals surface area contributed by atoms with Crippen molar-refractivity contribution in [2.75, 3.05) is 19.7 Å². The van der Waals surface area contributed by atoms with E-state index in [1.165, 1.54) is 17.7 Å². The highest BCUT2D eigenvalue weighted by Crippen LogP contribution is 2.36. The van der Waals surface area contributed by atoms with Crippen LogP contribution >= 0.6 is 0 Å². The monoisotopic (exact) mass is 393 g/mol. The lowest BCUT2D eigenvalue weighted by atomic mass is 9.75. The van der Waals surface area contributed by atoms with Crippen molar-refractivity contribution in [2.24, 2.45) is 5.41 Å². The molecule has 2 heterocycles. The SMILES string of the molecule is OCC1(CCc2ccccc2)CCN(Cc2cnn(-c3ccc(F)cc3)c2)CC1. The fraction of sp³-hybridized carbons (Fsp3) is 0.375. The van der Waals surface area contributed by atoms with Gasteiger partial charge in [0, 0.05) is 24.9 Å². The molecule has 1 aromatic heterocycles. The van der Waals surface area contributed by atoms with Crippen LogP contribution in [0.4, 0.5) is 4.39 Å². The number of halogens is 1. The van der Waals surface area contributed by atoms with Gasteiger partial charge in [-0.25, -0.2) is 9.07 Å². The molecule has 0 unspecified atom stereocenters. The standard InChI is InChI=1S/C24H28FN3O/c25-22-6-8-23(9-7-22)28-18-21(16-26-28)17-27-14-12-24(19-29,13-15-27)11-10-20-4-2-1-3-5-20/h1-9,16,18,29H,10-15,17,19H2. The van der Waals surface area contributed by atoms with E-state index in [0.717, 1.165) is 56.6 Å². The zero-order valence-corrected chi connectivity index (χ0v) is 16.7. The Morgan fingerprint density at radius 1 is 0.966 bits per heavy atom. The topological polar surface area (TPSA) is 41.3 Å². The summed E-state index contributed by atoms with van der Waals surface area (Å²) < 4.78 is 14.9. The van der Waals surface area contributed by atoms with Crippen LogP contribution in [-0.2, 0) is 13.0 Å². The average Bonchev–Trinajstić information content (AvgIpc) is 3.23. The van der Waals surface area contributed by atoms with Crippen LogP contribution in [0, 0.1) is 11.2 Å². The first-order chi connectivity index (χ1) is 14.2. The van der Waals surface area contributed by atoms with Gasteiger partial charge < -0.3 is 5.11 Å². The summed E-state index contributed by atoms with van der Waals surface area (Å²) in [5, 5.41) is 14.5. The van der Waals surface area contributed by atoms with Crippen LogP contribution in [0.1, 0.15) is 30.4 Å². The van der Waals surface area contributed by atoms with E-state index < -0.39 is 0 Å². The molecule has 0 saturated carbocycles. The van der Waals surface area contributed by atoms with Gasteiger partial charge in [0.1, 0.15) is 5.82 Å². The van der Waals surface area contributed by atoms with Gasteiger partial charge in [-0.1, -0.05) is 30.3 Å². The third-order valence-electron chi connectivity index (χ3n) is 6.17. The summed E-state index contributed by atoms with van der Waals surface area (Å²) >= 11 is 0. The molecule has 0 atom stereocenters. The molecule has 1 aliphatic rings. The number of benzene rings is 2. The summed E-state index contributed by atoms with van der Waals surface area (Å²) in [7, 11) is 0. The zero-order valence-electron chi connectivity index (χ0n) is 16.7. The van der Waals surface area contributed by atoms with E-state index in [9.17, 15) is 9.50 Å². The maximum absolute atomic E-state index is 13.1. The molecule has 0 spiro atoms. The van der Waals surface area contributed by atoms with Crippen LogP contribution in [0.2, 0.25) is 0 Å². The van der Waals surface area contributed by atoms with Crippen molar-refractivity contribution >= 4 is 0 Å². The number of aliphatic hydroxyl groups excluding tert-OH is 1. The van der Waals surface area contributed by atoms with Gasteiger partial charge in [0.25, 0.3) is 0 Å². The molecule has 1 aliphatic heterocycles. The molecular weight excluding hydrogens is 365 g/mol. The second-order valence-corrected chi connectivity index (χ2v) is 8.19. The molecule has 0 amide bonds. The first-order valence-electron chi connectivity index (χ1n) is 10.3. The summed E-state index contributed by atoms with van der Waals surface area (Å²) in [5.74, 6) is -0.242. The van der Waals surface area contributed by atoms with E-state index in [-0.39, 0.29) is 17.8 Å². The third kappa shape index (κ3) is 4.92. The first-order valence-corrected chi connectivity index (χ1v) is 10.3. The van der Waals surface area contributed by atoms with Crippen LogP contribution in [0.5, 0.6) is 0 Å². The van der Waals surface area contributed by atoms with Crippen LogP contribution in [-0.4, -0.2) is 39.5 Å². The van der Waals surface area contributed by atoms with E-state index >= 15 is 0 Å². The van der Waals surface area contributed by atoms with Crippen LogP contribution in [0.3, 0.4) is 0 Å². The minimum atomic E-state index is -0.242. The molecule has 29 heavy (non-hydrogen) atoms. The molecule has 4 nitrogen and oxygen atoms in total. The quantitative estimate of drug-likeness (QED) is 0.653. The molecule has 0 bridgehead atoms. The minimum Gasteiger partial charge on any atom is -0.396 e. The Hall–Kier alpha value is -2.50. The Morgan fingerprint density at radius 2 is 1.69 bits per heavy atom. The highest BCUT2D eigenvalue weighted by molar-refractivity contribution is 5.31. The molecule has 3 aromatic rings. The van der Waals surface area contributed by atoms with Gasteiger partial charge in [-0.15, -0.1) is 0 Å². The van der Waals surface area contributed by atoms with Gasteiger partial charge in [0.05, 0.1) is 11.9 Å². The van der Waals surface area contributed by atoms with Gasteiger partial charge in [-0.3, -0.25) is 4.90 Å². The lowest BCUT2D eigenvalue weighted by molar-refractivity contribution is 0.0347. The Balaban J connectivity index is 1.31. The van der Waals surface area contributed by atoms with Crippen molar-refractivity contribution in [3.63, 3.8) is 0 Å². The molecule has 1 N–H and O–H groups in total. The highest BCUT2D eigenvalue weighted by Gasteiger charge is 2.33. The normalized spacial score (nSPS) is 16.8. The van der Waals surface area contributed by atoms with Gasteiger partial charge in [0.2, 0.25) is 0 Å². The number of hydrogen-bond donors (Lipinski definition) is 1.